The zero-order valence-corrected chi connectivity index (χ0v) is 21.4. The van der Waals surface area contributed by atoms with E-state index in [-0.39, 0.29) is 6.54 Å². The van der Waals surface area contributed by atoms with Gasteiger partial charge in [-0.1, -0.05) is 96.8 Å². The van der Waals surface area contributed by atoms with E-state index in [4.69, 9.17) is 5.11 Å². The van der Waals surface area contributed by atoms with E-state index < -0.39 is 31.0 Å². The van der Waals surface area contributed by atoms with Gasteiger partial charge in [-0.05, 0) is 12.8 Å². The molecule has 32 heavy (non-hydrogen) atoms. The molecule has 0 unspecified atom stereocenters. The van der Waals surface area contributed by atoms with Crippen molar-refractivity contribution < 1.29 is 30.0 Å². The molecule has 0 bridgehead atoms. The van der Waals surface area contributed by atoms with E-state index in [0.29, 0.717) is 4.48 Å². The molecule has 0 aromatic carbocycles. The summed E-state index contributed by atoms with van der Waals surface area (Å²) >= 11 is 0. The van der Waals surface area contributed by atoms with Crippen molar-refractivity contribution in [1.82, 2.24) is 0 Å². The fourth-order valence-corrected chi connectivity index (χ4v) is 4.36. The summed E-state index contributed by atoms with van der Waals surface area (Å²) in [6, 6.07) is 0. The Morgan fingerprint density at radius 1 is 0.531 bits per heavy atom. The lowest BCUT2D eigenvalue weighted by molar-refractivity contribution is -0.894. The number of nitrogens with zero attached hydrogens (tertiary/aromatic N) is 1. The number of hydrogen-bond acceptors (Lipinski definition) is 5. The van der Waals surface area contributed by atoms with Crippen molar-refractivity contribution in [3.8, 4) is 0 Å². The topological polar surface area (TPSA) is 101 Å². The number of unbranched alkanes of at least 4 members (excludes halogenated alkanes) is 15. The van der Waals surface area contributed by atoms with Crippen LogP contribution in [0.5, 0.6) is 0 Å². The predicted molar refractivity (Wildman–Crippen MR) is 133 cm³/mol. The molecule has 0 rings (SSSR count). The molecule has 0 saturated heterocycles. The van der Waals surface area contributed by atoms with Crippen LogP contribution < -0.4 is 0 Å². The third-order valence-electron chi connectivity index (χ3n) is 6.62. The Kier molecular flexibility index (Phi) is 20.0. The maximum Gasteiger partial charge on any atom is 0.131 e. The van der Waals surface area contributed by atoms with E-state index in [1.165, 1.54) is 96.3 Å². The van der Waals surface area contributed by atoms with Crippen molar-refractivity contribution >= 4 is 0 Å². The van der Waals surface area contributed by atoms with E-state index in [1.54, 1.807) is 0 Å². The van der Waals surface area contributed by atoms with Gasteiger partial charge in [0.2, 0.25) is 0 Å². The van der Waals surface area contributed by atoms with Crippen molar-refractivity contribution in [2.75, 3.05) is 33.8 Å². The minimum absolute atomic E-state index is 0.287. The van der Waals surface area contributed by atoms with Crippen molar-refractivity contribution in [2.45, 2.75) is 134 Å². The minimum Gasteiger partial charge on any atom is -0.394 e. The zero-order valence-electron chi connectivity index (χ0n) is 21.4. The van der Waals surface area contributed by atoms with Crippen LogP contribution in [0.1, 0.15) is 110 Å². The van der Waals surface area contributed by atoms with Gasteiger partial charge in [0, 0.05) is 0 Å². The summed E-state index contributed by atoms with van der Waals surface area (Å²) in [6.07, 6.45) is 15.8. The van der Waals surface area contributed by atoms with Crippen LogP contribution in [-0.2, 0) is 0 Å². The minimum atomic E-state index is -1.55. The van der Waals surface area contributed by atoms with Crippen LogP contribution >= 0.6 is 0 Å². The van der Waals surface area contributed by atoms with Crippen molar-refractivity contribution in [1.29, 1.82) is 0 Å². The lowest BCUT2D eigenvalue weighted by Crippen LogP contribution is -2.54. The summed E-state index contributed by atoms with van der Waals surface area (Å²) in [5.41, 5.74) is 0. The molecule has 0 fully saturated rings. The standard InChI is InChI=1S/C26H56NO5/c1-4-5-6-7-8-9-10-11-12-13-14-15-16-17-18-19-20-27(2,3)21-23(29)25(31)26(32)24(30)22-28/h23-26,28-32H,4-22H2,1-3H3/q+1/t23-,24+,25-,26-/m0/s1. The molecule has 0 radical (unpaired) electrons. The Morgan fingerprint density at radius 3 is 1.25 bits per heavy atom. The van der Waals surface area contributed by atoms with Crippen LogP contribution in [-0.4, -0.2) is 88.2 Å². The number of quaternary nitrogens is 1. The maximum absolute atomic E-state index is 10.2. The molecular formula is C26H56NO5+. The first-order valence-electron chi connectivity index (χ1n) is 13.4. The third kappa shape index (κ3) is 17.3. The number of aliphatic hydroxyl groups excluding tert-OH is 5. The molecule has 0 aromatic rings. The molecule has 0 heterocycles. The van der Waals surface area contributed by atoms with Crippen molar-refractivity contribution in [2.24, 2.45) is 0 Å². The highest BCUT2D eigenvalue weighted by molar-refractivity contribution is 4.80. The highest BCUT2D eigenvalue weighted by atomic mass is 16.4. The van der Waals surface area contributed by atoms with Crippen LogP contribution in [0, 0.1) is 0 Å². The number of rotatable bonds is 23. The Labute approximate surface area is 198 Å². The SMILES string of the molecule is CCCCCCCCCCCCCCCCCC[N+](C)(C)C[C@H](O)[C@H](O)[C@@H](O)[C@H](O)CO. The second kappa shape index (κ2) is 20.2. The van der Waals surface area contributed by atoms with Gasteiger partial charge in [0.25, 0.3) is 0 Å². The summed E-state index contributed by atoms with van der Waals surface area (Å²) in [5, 5.41) is 48.2. The van der Waals surface area contributed by atoms with Gasteiger partial charge in [0.05, 0.1) is 27.2 Å². The maximum atomic E-state index is 10.2. The van der Waals surface area contributed by atoms with E-state index in [9.17, 15) is 20.4 Å². The first-order chi connectivity index (χ1) is 15.2. The Morgan fingerprint density at radius 2 is 0.875 bits per heavy atom. The second-order valence-electron chi connectivity index (χ2n) is 10.4. The van der Waals surface area contributed by atoms with Crippen LogP contribution in [0.25, 0.3) is 0 Å². The van der Waals surface area contributed by atoms with Crippen molar-refractivity contribution in [3.63, 3.8) is 0 Å². The molecule has 0 aliphatic heterocycles. The zero-order chi connectivity index (χ0) is 24.2. The third-order valence-corrected chi connectivity index (χ3v) is 6.62. The van der Waals surface area contributed by atoms with Crippen LogP contribution in [0.3, 0.4) is 0 Å². The van der Waals surface area contributed by atoms with Gasteiger partial charge in [-0.25, -0.2) is 0 Å². The average molecular weight is 463 g/mol. The van der Waals surface area contributed by atoms with Crippen LogP contribution in [0.4, 0.5) is 0 Å². The fraction of sp³-hybridized carbons (Fsp3) is 1.00. The molecule has 0 aliphatic carbocycles. The molecule has 4 atom stereocenters. The Hall–Kier alpha value is -0.240. The number of hydrogen-bond donors (Lipinski definition) is 5. The first-order valence-corrected chi connectivity index (χ1v) is 13.4. The van der Waals surface area contributed by atoms with Gasteiger partial charge in [-0.3, -0.25) is 0 Å². The molecule has 6 heteroatoms. The summed E-state index contributed by atoms with van der Waals surface area (Å²) in [5.74, 6) is 0. The molecule has 5 N–H and O–H groups in total. The second-order valence-corrected chi connectivity index (χ2v) is 10.4. The molecule has 0 saturated carbocycles. The van der Waals surface area contributed by atoms with E-state index >= 15 is 0 Å². The monoisotopic (exact) mass is 462 g/mol. The van der Waals surface area contributed by atoms with Crippen LogP contribution in [0.15, 0.2) is 0 Å². The number of aliphatic hydroxyl groups is 5. The first kappa shape index (κ1) is 31.8. The molecular weight excluding hydrogens is 406 g/mol. The lowest BCUT2D eigenvalue weighted by atomic mass is 10.0. The van der Waals surface area contributed by atoms with Gasteiger partial charge in [-0.15, -0.1) is 0 Å². The smallest absolute Gasteiger partial charge is 0.131 e. The van der Waals surface area contributed by atoms with Gasteiger partial charge in [0.15, 0.2) is 0 Å². The normalized spacial score (nSPS) is 16.1. The van der Waals surface area contributed by atoms with E-state index in [1.807, 2.05) is 14.1 Å². The average Bonchev–Trinajstić information content (AvgIpc) is 2.76. The summed E-state index contributed by atoms with van der Waals surface area (Å²) in [4.78, 5) is 0. The summed E-state index contributed by atoms with van der Waals surface area (Å²) < 4.78 is 0.540. The quantitative estimate of drug-likeness (QED) is 0.118. The Bertz CT molecular complexity index is 408. The van der Waals surface area contributed by atoms with Crippen molar-refractivity contribution in [3.05, 3.63) is 0 Å². The molecule has 0 aromatic heterocycles. The van der Waals surface area contributed by atoms with E-state index in [2.05, 4.69) is 6.92 Å². The van der Waals surface area contributed by atoms with Gasteiger partial charge < -0.3 is 30.0 Å². The lowest BCUT2D eigenvalue weighted by Gasteiger charge is -2.34. The molecule has 0 amide bonds. The summed E-state index contributed by atoms with van der Waals surface area (Å²) in [7, 11) is 3.99. The Balaban J connectivity index is 3.61. The fourth-order valence-electron chi connectivity index (χ4n) is 4.36. The predicted octanol–water partition coefficient (Wildman–Crippen LogP) is 3.76. The largest absolute Gasteiger partial charge is 0.394 e. The van der Waals surface area contributed by atoms with Crippen LogP contribution in [0.2, 0.25) is 0 Å². The molecule has 194 valence electrons. The van der Waals surface area contributed by atoms with Gasteiger partial charge >= 0.3 is 0 Å². The molecule has 0 aliphatic rings. The number of likely N-dealkylation sites (N-methyl/N-ethyl adjacent to an activating group) is 1. The summed E-state index contributed by atoms with van der Waals surface area (Å²) in [6.45, 7) is 2.80. The molecule has 0 spiro atoms. The van der Waals surface area contributed by atoms with Gasteiger partial charge in [0.1, 0.15) is 31.0 Å². The van der Waals surface area contributed by atoms with Gasteiger partial charge in [-0.2, -0.15) is 0 Å². The highest BCUT2D eigenvalue weighted by Gasteiger charge is 2.33. The highest BCUT2D eigenvalue weighted by Crippen LogP contribution is 2.15. The van der Waals surface area contributed by atoms with E-state index in [0.717, 1.165) is 13.0 Å². The molecule has 6 nitrogen and oxygen atoms in total.